The van der Waals surface area contributed by atoms with Gasteiger partial charge in [0.2, 0.25) is 0 Å². The Morgan fingerprint density at radius 1 is 0.473 bits per heavy atom. The SMILES string of the molecule is CC(C)(C)OC(=O)N(Cc1ccccc1)C[C@H]1O[C@H](O[C@H]2[C@@H]3OC4(CCCCC4)O[C@H]3[C@H](N(Cc3ccccc3)C(=O)OC(C)(C)C)C[C@@H]2N(Cc2ccccc2)C(=O)OC(C)(C)C)[C@H](N(Cc2ccccc2)C(=O)OC(C)(C)C)[C@@H](O)[C@@H]1OCc1ccccc1. The van der Waals surface area contributed by atoms with Crippen LogP contribution in [0.25, 0.3) is 0 Å². The highest BCUT2D eigenvalue weighted by atomic mass is 16.8. The van der Waals surface area contributed by atoms with Gasteiger partial charge in [0.05, 0.1) is 25.2 Å². The number of ether oxygens (including phenoxy) is 9. The van der Waals surface area contributed by atoms with Gasteiger partial charge in [0.15, 0.2) is 12.1 Å². The first-order valence-corrected chi connectivity index (χ1v) is 32.2. The highest BCUT2D eigenvalue weighted by Crippen LogP contribution is 2.49. The number of nitrogens with zero attached hydrogens (tertiary/aromatic N) is 4. The third-order valence-corrected chi connectivity index (χ3v) is 16.3. The van der Waals surface area contributed by atoms with Crippen molar-refractivity contribution >= 4 is 24.4 Å². The summed E-state index contributed by atoms with van der Waals surface area (Å²) in [5, 5.41) is 13.8. The Labute approximate surface area is 538 Å². The van der Waals surface area contributed by atoms with E-state index in [1.54, 1.807) is 72.1 Å². The fourth-order valence-electron chi connectivity index (χ4n) is 12.5. The van der Waals surface area contributed by atoms with Crippen LogP contribution in [0, 0.1) is 0 Å². The fraction of sp³-hybridized carbons (Fsp3) is 0.534. The molecule has 18 nitrogen and oxygen atoms in total. The standard InChI is InChI=1S/C73H96N4O14/c1-69(2,3)88-65(79)74(44-50-31-19-13-20-32-50)48-57-62(83-49-54-39-27-17-28-40-54)59(78)58(77(68(82)91-72(10,11)12)47-53-37-25-16-26-38-53)64(84-57)85-60-55(75(66(80)89-70(4,5)6)45-51-33-21-14-22-34-51)43-56(61-63(60)87-73(86-61)41-29-18-30-42-73)76(67(81)90-71(7,8)9)46-52-35-23-15-24-36-52/h13-17,19-28,31-40,55-64,78H,18,29-30,41-49H2,1-12H3/t55-,56+,57+,58+,59+,60+,61-,62+,63-,64+/m0/s1. The molecule has 1 N–H and O–H groups in total. The second kappa shape index (κ2) is 29.3. The van der Waals surface area contributed by atoms with Crippen LogP contribution >= 0.6 is 0 Å². The number of fused-ring (bicyclic) bond motifs is 1. The van der Waals surface area contributed by atoms with E-state index >= 15 is 14.4 Å². The van der Waals surface area contributed by atoms with Crippen molar-refractivity contribution in [2.45, 2.75) is 244 Å². The molecular weight excluding hydrogens is 1160 g/mol. The summed E-state index contributed by atoms with van der Waals surface area (Å²) in [7, 11) is 0. The van der Waals surface area contributed by atoms with E-state index in [9.17, 15) is 9.90 Å². The first-order chi connectivity index (χ1) is 43.1. The molecule has 2 saturated heterocycles. The van der Waals surface area contributed by atoms with E-state index in [0.29, 0.717) is 18.4 Å². The lowest BCUT2D eigenvalue weighted by atomic mass is 9.81. The summed E-state index contributed by atoms with van der Waals surface area (Å²) in [6.45, 7) is 21.5. The second-order valence-corrected chi connectivity index (χ2v) is 28.5. The Morgan fingerprint density at radius 2 is 0.857 bits per heavy atom. The predicted octanol–water partition coefficient (Wildman–Crippen LogP) is 13.7. The van der Waals surface area contributed by atoms with Crippen molar-refractivity contribution in [3.8, 4) is 0 Å². The molecule has 2 heterocycles. The molecule has 10 atom stereocenters. The molecular formula is C73H96N4O14. The minimum Gasteiger partial charge on any atom is -0.444 e. The molecule has 2 aliphatic heterocycles. The van der Waals surface area contributed by atoms with Crippen LogP contribution in [0.5, 0.6) is 0 Å². The molecule has 0 radical (unpaired) electrons. The predicted molar refractivity (Wildman–Crippen MR) is 344 cm³/mol. The number of benzene rings is 5. The lowest BCUT2D eigenvalue weighted by molar-refractivity contribution is -0.316. The molecule has 5 aromatic carbocycles. The molecule has 4 fully saturated rings. The van der Waals surface area contributed by atoms with E-state index in [1.807, 2.05) is 172 Å². The smallest absolute Gasteiger partial charge is 0.411 e. The van der Waals surface area contributed by atoms with Gasteiger partial charge in [0.1, 0.15) is 65.1 Å². The zero-order valence-electron chi connectivity index (χ0n) is 55.2. The Hall–Kier alpha value is -7.06. The third kappa shape index (κ3) is 18.8. The lowest BCUT2D eigenvalue weighted by Gasteiger charge is -2.53. The Kier molecular flexibility index (Phi) is 22.0. The van der Waals surface area contributed by atoms with Crippen LogP contribution < -0.4 is 0 Å². The quantitative estimate of drug-likeness (QED) is 0.0817. The van der Waals surface area contributed by atoms with E-state index in [1.165, 1.54) is 9.80 Å². The van der Waals surface area contributed by atoms with Crippen LogP contribution in [0.3, 0.4) is 0 Å². The van der Waals surface area contributed by atoms with E-state index in [4.69, 9.17) is 42.6 Å². The largest absolute Gasteiger partial charge is 0.444 e. The average molecular weight is 1250 g/mol. The normalized spacial score (nSPS) is 24.1. The van der Waals surface area contributed by atoms with Crippen LogP contribution in [0.4, 0.5) is 19.2 Å². The van der Waals surface area contributed by atoms with Crippen LogP contribution in [0.2, 0.25) is 0 Å². The minimum absolute atomic E-state index is 0.00147. The van der Waals surface area contributed by atoms with Gasteiger partial charge in [-0.05, 0) is 130 Å². The maximum Gasteiger partial charge on any atom is 0.411 e. The molecule has 4 amide bonds. The van der Waals surface area contributed by atoms with Gasteiger partial charge in [-0.25, -0.2) is 19.2 Å². The van der Waals surface area contributed by atoms with Crippen molar-refractivity contribution < 1.29 is 66.9 Å². The summed E-state index contributed by atoms with van der Waals surface area (Å²) < 4.78 is 62.4. The minimum atomic E-state index is -1.64. The van der Waals surface area contributed by atoms with Crippen molar-refractivity contribution in [1.82, 2.24) is 19.6 Å². The zero-order valence-corrected chi connectivity index (χ0v) is 55.2. The number of carbonyl (C=O) groups excluding carboxylic acids is 4. The molecule has 0 bridgehead atoms. The van der Waals surface area contributed by atoms with Gasteiger partial charge in [0, 0.05) is 39.0 Å². The highest BCUT2D eigenvalue weighted by Gasteiger charge is 2.63. The first kappa shape index (κ1) is 68.3. The van der Waals surface area contributed by atoms with Gasteiger partial charge < -0.3 is 52.6 Å². The van der Waals surface area contributed by atoms with Crippen LogP contribution in [0.15, 0.2) is 152 Å². The van der Waals surface area contributed by atoms with E-state index in [0.717, 1.165) is 41.5 Å². The fourth-order valence-corrected chi connectivity index (χ4v) is 12.5. The molecule has 492 valence electrons. The number of hydrogen-bond donors (Lipinski definition) is 1. The van der Waals surface area contributed by atoms with Crippen molar-refractivity contribution in [2.75, 3.05) is 6.54 Å². The molecule has 0 aromatic heterocycles. The Balaban J connectivity index is 1.27. The molecule has 0 unspecified atom stereocenters. The highest BCUT2D eigenvalue weighted by molar-refractivity contribution is 5.71. The average Bonchev–Trinajstić information content (AvgIpc) is 1.67. The van der Waals surface area contributed by atoms with Crippen molar-refractivity contribution in [2.24, 2.45) is 0 Å². The van der Waals surface area contributed by atoms with E-state index < -0.39 is 114 Å². The number of rotatable bonds is 18. The zero-order chi connectivity index (χ0) is 65.3. The summed E-state index contributed by atoms with van der Waals surface area (Å²) in [5.74, 6) is -1.14. The molecule has 18 heteroatoms. The summed E-state index contributed by atoms with van der Waals surface area (Å²) >= 11 is 0. The first-order valence-electron chi connectivity index (χ1n) is 32.2. The molecule has 91 heavy (non-hydrogen) atoms. The summed E-state index contributed by atoms with van der Waals surface area (Å²) in [6, 6.07) is 44.2. The summed E-state index contributed by atoms with van der Waals surface area (Å²) in [4.78, 5) is 67.3. The number of carbonyl (C=O) groups is 4. The van der Waals surface area contributed by atoms with Gasteiger partial charge in [0.25, 0.3) is 0 Å². The molecule has 2 aliphatic carbocycles. The second-order valence-electron chi connectivity index (χ2n) is 28.5. The van der Waals surface area contributed by atoms with E-state index in [-0.39, 0.29) is 45.8 Å². The van der Waals surface area contributed by atoms with Gasteiger partial charge in [-0.1, -0.05) is 158 Å². The molecule has 9 rings (SSSR count). The van der Waals surface area contributed by atoms with Crippen LogP contribution in [0.1, 0.15) is 149 Å². The third-order valence-electron chi connectivity index (χ3n) is 16.3. The van der Waals surface area contributed by atoms with Gasteiger partial charge in [-0.15, -0.1) is 0 Å². The summed E-state index contributed by atoms with van der Waals surface area (Å²) in [5.41, 5.74) is 0.0611. The summed E-state index contributed by atoms with van der Waals surface area (Å²) in [6.07, 6.45) is -8.03. The number of hydrogen-bond acceptors (Lipinski definition) is 14. The number of aliphatic hydroxyl groups excluding tert-OH is 1. The van der Waals surface area contributed by atoms with Crippen LogP contribution in [-0.4, -0.2) is 145 Å². The Bertz CT molecular complexity index is 3130. The monoisotopic (exact) mass is 1250 g/mol. The maximum absolute atomic E-state index is 15.6. The van der Waals surface area contributed by atoms with Crippen molar-refractivity contribution in [3.63, 3.8) is 0 Å². The van der Waals surface area contributed by atoms with Gasteiger partial charge >= 0.3 is 24.4 Å². The molecule has 5 aromatic rings. The topological polar surface area (TPSA) is 185 Å². The lowest BCUT2D eigenvalue weighted by Crippen LogP contribution is -2.70. The number of aliphatic hydroxyl groups is 1. The van der Waals surface area contributed by atoms with Crippen LogP contribution in [-0.2, 0) is 75.4 Å². The Morgan fingerprint density at radius 3 is 1.31 bits per heavy atom. The molecule has 1 spiro atoms. The molecule has 2 saturated carbocycles. The van der Waals surface area contributed by atoms with Gasteiger partial charge in [-0.2, -0.15) is 0 Å². The molecule has 4 aliphatic rings. The van der Waals surface area contributed by atoms with Crippen molar-refractivity contribution in [3.05, 3.63) is 179 Å². The van der Waals surface area contributed by atoms with E-state index in [2.05, 4.69) is 0 Å². The van der Waals surface area contributed by atoms with Gasteiger partial charge in [-0.3, -0.25) is 14.7 Å². The number of amides is 4. The maximum atomic E-state index is 15.6. The van der Waals surface area contributed by atoms with Crippen molar-refractivity contribution in [1.29, 1.82) is 0 Å².